The highest BCUT2D eigenvalue weighted by Gasteiger charge is 2.33. The standard InChI is InChI=1S/C14H26N2O3/c1-4-19-13(18)11-7-5-6-10-16(11)12(17)8-9-14(2,3)15/h11H,4-10,15H2,1-3H3. The number of carbonyl (C=O) groups is 2. The monoisotopic (exact) mass is 270 g/mol. The summed E-state index contributed by atoms with van der Waals surface area (Å²) in [6.45, 7) is 6.59. The SMILES string of the molecule is CCOC(=O)C1CCCCN1C(=O)CCC(C)(C)N. The van der Waals surface area contributed by atoms with Gasteiger partial charge < -0.3 is 15.4 Å². The van der Waals surface area contributed by atoms with E-state index in [9.17, 15) is 9.59 Å². The van der Waals surface area contributed by atoms with Crippen LogP contribution in [0.2, 0.25) is 0 Å². The number of likely N-dealkylation sites (tertiary alicyclic amines) is 1. The number of amides is 1. The summed E-state index contributed by atoms with van der Waals surface area (Å²) >= 11 is 0. The maximum atomic E-state index is 12.2. The number of esters is 1. The average Bonchev–Trinajstić information content (AvgIpc) is 2.35. The Morgan fingerprint density at radius 2 is 2.05 bits per heavy atom. The molecule has 0 aromatic rings. The normalized spacial score (nSPS) is 20.2. The van der Waals surface area contributed by atoms with Crippen LogP contribution in [0.15, 0.2) is 0 Å². The lowest BCUT2D eigenvalue weighted by atomic mass is 9.97. The molecule has 1 rings (SSSR count). The molecule has 1 fully saturated rings. The Morgan fingerprint density at radius 1 is 1.37 bits per heavy atom. The van der Waals surface area contributed by atoms with E-state index in [1.807, 2.05) is 13.8 Å². The molecule has 0 aliphatic carbocycles. The number of nitrogens with zero attached hydrogens (tertiary/aromatic N) is 1. The van der Waals surface area contributed by atoms with Crippen LogP contribution in [0.4, 0.5) is 0 Å². The summed E-state index contributed by atoms with van der Waals surface area (Å²) in [5.74, 6) is -0.265. The van der Waals surface area contributed by atoms with Crippen molar-refractivity contribution in [2.24, 2.45) is 5.73 Å². The summed E-state index contributed by atoms with van der Waals surface area (Å²) in [4.78, 5) is 25.8. The van der Waals surface area contributed by atoms with Gasteiger partial charge in [-0.2, -0.15) is 0 Å². The van der Waals surface area contributed by atoms with Crippen LogP contribution in [0.25, 0.3) is 0 Å². The second kappa shape index (κ2) is 6.89. The van der Waals surface area contributed by atoms with Crippen LogP contribution in [-0.4, -0.2) is 41.5 Å². The van der Waals surface area contributed by atoms with E-state index in [-0.39, 0.29) is 17.4 Å². The molecule has 2 N–H and O–H groups in total. The van der Waals surface area contributed by atoms with Gasteiger partial charge in [0, 0.05) is 18.5 Å². The van der Waals surface area contributed by atoms with E-state index in [4.69, 9.17) is 10.5 Å². The van der Waals surface area contributed by atoms with Crippen LogP contribution in [0.1, 0.15) is 52.9 Å². The van der Waals surface area contributed by atoms with Crippen molar-refractivity contribution in [1.29, 1.82) is 0 Å². The van der Waals surface area contributed by atoms with E-state index >= 15 is 0 Å². The molecule has 1 heterocycles. The Kier molecular flexibility index (Phi) is 5.79. The zero-order valence-electron chi connectivity index (χ0n) is 12.3. The van der Waals surface area contributed by atoms with Gasteiger partial charge in [0.15, 0.2) is 0 Å². The van der Waals surface area contributed by atoms with Crippen molar-refractivity contribution in [2.45, 2.75) is 64.5 Å². The molecule has 5 heteroatoms. The van der Waals surface area contributed by atoms with Gasteiger partial charge in [-0.3, -0.25) is 4.79 Å². The van der Waals surface area contributed by atoms with Crippen molar-refractivity contribution >= 4 is 11.9 Å². The lowest BCUT2D eigenvalue weighted by Gasteiger charge is -2.34. The summed E-state index contributed by atoms with van der Waals surface area (Å²) in [5, 5.41) is 0. The summed E-state index contributed by atoms with van der Waals surface area (Å²) in [6, 6.07) is -0.401. The molecule has 5 nitrogen and oxygen atoms in total. The van der Waals surface area contributed by atoms with Crippen LogP contribution in [0, 0.1) is 0 Å². The second-order valence-corrected chi connectivity index (χ2v) is 5.84. The zero-order valence-corrected chi connectivity index (χ0v) is 12.3. The van der Waals surface area contributed by atoms with Gasteiger partial charge in [-0.15, -0.1) is 0 Å². The topological polar surface area (TPSA) is 72.6 Å². The summed E-state index contributed by atoms with van der Waals surface area (Å²) in [7, 11) is 0. The van der Waals surface area contributed by atoms with Crippen molar-refractivity contribution in [1.82, 2.24) is 4.90 Å². The smallest absolute Gasteiger partial charge is 0.328 e. The lowest BCUT2D eigenvalue weighted by Crippen LogP contribution is -2.49. The average molecular weight is 270 g/mol. The number of rotatable bonds is 5. The minimum atomic E-state index is -0.401. The Labute approximate surface area is 115 Å². The molecule has 0 spiro atoms. The van der Waals surface area contributed by atoms with Crippen molar-refractivity contribution in [2.75, 3.05) is 13.2 Å². The molecule has 19 heavy (non-hydrogen) atoms. The molecular weight excluding hydrogens is 244 g/mol. The number of nitrogens with two attached hydrogens (primary N) is 1. The molecule has 1 aliphatic rings. The van der Waals surface area contributed by atoms with Crippen molar-refractivity contribution in [3.63, 3.8) is 0 Å². The van der Waals surface area contributed by atoms with Crippen LogP contribution < -0.4 is 5.73 Å². The summed E-state index contributed by atoms with van der Waals surface area (Å²) < 4.78 is 5.05. The Balaban J connectivity index is 2.61. The Morgan fingerprint density at radius 3 is 2.63 bits per heavy atom. The van der Waals surface area contributed by atoms with Gasteiger partial charge in [0.25, 0.3) is 0 Å². The number of hydrogen-bond acceptors (Lipinski definition) is 4. The molecular formula is C14H26N2O3. The van der Waals surface area contributed by atoms with Gasteiger partial charge in [-0.25, -0.2) is 4.79 Å². The van der Waals surface area contributed by atoms with E-state index in [1.54, 1.807) is 11.8 Å². The lowest BCUT2D eigenvalue weighted by molar-refractivity contribution is -0.156. The predicted molar refractivity (Wildman–Crippen MR) is 73.5 cm³/mol. The third kappa shape index (κ3) is 5.19. The van der Waals surface area contributed by atoms with Crippen LogP contribution in [0.3, 0.4) is 0 Å². The third-order valence-electron chi connectivity index (χ3n) is 3.37. The minimum absolute atomic E-state index is 0.0104. The fourth-order valence-electron chi connectivity index (χ4n) is 2.29. The van der Waals surface area contributed by atoms with Crippen LogP contribution in [-0.2, 0) is 14.3 Å². The van der Waals surface area contributed by atoms with Gasteiger partial charge >= 0.3 is 5.97 Å². The highest BCUT2D eigenvalue weighted by Crippen LogP contribution is 2.20. The Bertz CT molecular complexity index is 323. The molecule has 1 unspecified atom stereocenters. The quantitative estimate of drug-likeness (QED) is 0.767. The predicted octanol–water partition coefficient (Wildman–Crippen LogP) is 1.45. The molecule has 110 valence electrons. The molecule has 1 aliphatic heterocycles. The first-order valence-corrected chi connectivity index (χ1v) is 7.10. The maximum absolute atomic E-state index is 12.2. The highest BCUT2D eigenvalue weighted by molar-refractivity contribution is 5.84. The minimum Gasteiger partial charge on any atom is -0.464 e. The molecule has 1 saturated heterocycles. The molecule has 0 aromatic carbocycles. The first-order chi connectivity index (χ1) is 8.85. The van der Waals surface area contributed by atoms with Crippen molar-refractivity contribution < 1.29 is 14.3 Å². The number of piperidine rings is 1. The summed E-state index contributed by atoms with van der Waals surface area (Å²) in [6.07, 6.45) is 3.64. The summed E-state index contributed by atoms with van der Waals surface area (Å²) in [5.41, 5.74) is 5.54. The first-order valence-electron chi connectivity index (χ1n) is 7.10. The van der Waals surface area contributed by atoms with Crippen molar-refractivity contribution in [3.05, 3.63) is 0 Å². The molecule has 0 radical (unpaired) electrons. The van der Waals surface area contributed by atoms with E-state index in [2.05, 4.69) is 0 Å². The van der Waals surface area contributed by atoms with Gasteiger partial charge in [-0.1, -0.05) is 0 Å². The molecule has 1 amide bonds. The number of carbonyl (C=O) groups excluding carboxylic acids is 2. The van der Waals surface area contributed by atoms with E-state index < -0.39 is 6.04 Å². The van der Waals surface area contributed by atoms with Gasteiger partial charge in [0.2, 0.25) is 5.91 Å². The molecule has 0 aromatic heterocycles. The molecule has 1 atom stereocenters. The molecule has 0 saturated carbocycles. The van der Waals surface area contributed by atoms with E-state index in [0.717, 1.165) is 12.8 Å². The van der Waals surface area contributed by atoms with Gasteiger partial charge in [0.05, 0.1) is 6.61 Å². The fourth-order valence-corrected chi connectivity index (χ4v) is 2.29. The second-order valence-electron chi connectivity index (χ2n) is 5.84. The number of hydrogen-bond donors (Lipinski definition) is 1. The Hall–Kier alpha value is -1.10. The van der Waals surface area contributed by atoms with E-state index in [1.165, 1.54) is 0 Å². The zero-order chi connectivity index (χ0) is 14.5. The van der Waals surface area contributed by atoms with Crippen molar-refractivity contribution in [3.8, 4) is 0 Å². The fraction of sp³-hybridized carbons (Fsp3) is 0.857. The number of ether oxygens (including phenoxy) is 1. The maximum Gasteiger partial charge on any atom is 0.328 e. The third-order valence-corrected chi connectivity index (χ3v) is 3.37. The van der Waals surface area contributed by atoms with Crippen LogP contribution in [0.5, 0.6) is 0 Å². The van der Waals surface area contributed by atoms with Crippen LogP contribution >= 0.6 is 0 Å². The van der Waals surface area contributed by atoms with Gasteiger partial charge in [-0.05, 0) is 46.5 Å². The van der Waals surface area contributed by atoms with Gasteiger partial charge in [0.1, 0.15) is 6.04 Å². The molecule has 0 bridgehead atoms. The first kappa shape index (κ1) is 16.0. The van der Waals surface area contributed by atoms with E-state index in [0.29, 0.717) is 32.4 Å². The highest BCUT2D eigenvalue weighted by atomic mass is 16.5. The largest absolute Gasteiger partial charge is 0.464 e.